The normalized spacial score (nSPS) is 12.1. The van der Waals surface area contributed by atoms with E-state index in [0.717, 1.165) is 23.2 Å². The summed E-state index contributed by atoms with van der Waals surface area (Å²) in [6, 6.07) is 14.1. The van der Waals surface area contributed by atoms with Crippen molar-refractivity contribution in [1.29, 1.82) is 0 Å². The number of para-hydroxylation sites is 1. The maximum absolute atomic E-state index is 11.7. The minimum Gasteiger partial charge on any atom is -0.376 e. The molecule has 0 saturated heterocycles. The topological polar surface area (TPSA) is 80.0 Å². The predicted octanol–water partition coefficient (Wildman–Crippen LogP) is 3.32. The number of amides is 1. The fourth-order valence-corrected chi connectivity index (χ4v) is 3.23. The second-order valence-electron chi connectivity index (χ2n) is 6.55. The highest BCUT2D eigenvalue weighted by molar-refractivity contribution is 6.07. The number of fused-ring (bicyclic) bond motifs is 1. The van der Waals surface area contributed by atoms with Crippen molar-refractivity contribution in [3.05, 3.63) is 70.9 Å². The molecule has 0 aliphatic heterocycles. The molecular formula is C21H24N4O. The van der Waals surface area contributed by atoms with E-state index in [9.17, 15) is 4.79 Å². The summed E-state index contributed by atoms with van der Waals surface area (Å²) in [5, 5.41) is 7.80. The SMILES string of the molecule is CNC[C@@H](Nc1c(C)cnc2c(C(N)=O)cccc12)c1cccc(C)c1. The highest BCUT2D eigenvalue weighted by Gasteiger charge is 2.16. The van der Waals surface area contributed by atoms with Crippen LogP contribution in [0.5, 0.6) is 0 Å². The summed E-state index contributed by atoms with van der Waals surface area (Å²) in [6.07, 6.45) is 1.78. The maximum Gasteiger partial charge on any atom is 0.250 e. The average molecular weight is 348 g/mol. The summed E-state index contributed by atoms with van der Waals surface area (Å²) in [5.74, 6) is -0.469. The van der Waals surface area contributed by atoms with Crippen molar-refractivity contribution in [2.45, 2.75) is 19.9 Å². The number of carbonyl (C=O) groups is 1. The van der Waals surface area contributed by atoms with Crippen molar-refractivity contribution >= 4 is 22.5 Å². The van der Waals surface area contributed by atoms with Crippen LogP contribution in [0.3, 0.4) is 0 Å². The van der Waals surface area contributed by atoms with Gasteiger partial charge in [0.1, 0.15) is 0 Å². The molecule has 3 aromatic rings. The van der Waals surface area contributed by atoms with E-state index in [1.165, 1.54) is 11.1 Å². The molecule has 0 saturated carbocycles. The molecule has 5 heteroatoms. The Labute approximate surface area is 153 Å². The van der Waals surface area contributed by atoms with E-state index >= 15 is 0 Å². The molecule has 0 fully saturated rings. The van der Waals surface area contributed by atoms with Gasteiger partial charge in [0.25, 0.3) is 5.91 Å². The van der Waals surface area contributed by atoms with Crippen LogP contribution in [0.25, 0.3) is 10.9 Å². The van der Waals surface area contributed by atoms with Gasteiger partial charge < -0.3 is 16.4 Å². The Morgan fingerprint density at radius 3 is 2.65 bits per heavy atom. The van der Waals surface area contributed by atoms with E-state index in [2.05, 4.69) is 46.8 Å². The number of aryl methyl sites for hydroxylation is 2. The third-order valence-electron chi connectivity index (χ3n) is 4.52. The Bertz CT molecular complexity index is 952. The Morgan fingerprint density at radius 2 is 1.96 bits per heavy atom. The molecule has 0 aliphatic carbocycles. The van der Waals surface area contributed by atoms with Crippen LogP contribution < -0.4 is 16.4 Å². The van der Waals surface area contributed by atoms with Gasteiger partial charge in [-0.05, 0) is 38.1 Å². The average Bonchev–Trinajstić information content (AvgIpc) is 2.62. The lowest BCUT2D eigenvalue weighted by atomic mass is 10.0. The number of aromatic nitrogens is 1. The summed E-state index contributed by atoms with van der Waals surface area (Å²) in [5.41, 5.74) is 11.0. The third-order valence-corrected chi connectivity index (χ3v) is 4.52. The zero-order valence-electron chi connectivity index (χ0n) is 15.3. The molecule has 26 heavy (non-hydrogen) atoms. The number of rotatable bonds is 6. The zero-order chi connectivity index (χ0) is 18.7. The smallest absolute Gasteiger partial charge is 0.250 e. The van der Waals surface area contributed by atoms with Crippen molar-refractivity contribution in [3.63, 3.8) is 0 Å². The number of pyridine rings is 1. The van der Waals surface area contributed by atoms with Crippen LogP contribution in [0.1, 0.15) is 33.1 Å². The van der Waals surface area contributed by atoms with Crippen LogP contribution in [0.4, 0.5) is 5.69 Å². The van der Waals surface area contributed by atoms with Gasteiger partial charge >= 0.3 is 0 Å². The minimum absolute atomic E-state index is 0.0847. The Hall–Kier alpha value is -2.92. The lowest BCUT2D eigenvalue weighted by Gasteiger charge is -2.23. The van der Waals surface area contributed by atoms with Crippen LogP contribution in [-0.2, 0) is 0 Å². The van der Waals surface area contributed by atoms with E-state index in [-0.39, 0.29) is 6.04 Å². The van der Waals surface area contributed by atoms with Gasteiger partial charge in [-0.3, -0.25) is 9.78 Å². The van der Waals surface area contributed by atoms with E-state index in [4.69, 9.17) is 5.73 Å². The number of anilines is 1. The number of primary amides is 1. The highest BCUT2D eigenvalue weighted by atomic mass is 16.1. The Morgan fingerprint density at radius 1 is 1.19 bits per heavy atom. The lowest BCUT2D eigenvalue weighted by Crippen LogP contribution is -2.24. The van der Waals surface area contributed by atoms with Crippen LogP contribution >= 0.6 is 0 Å². The number of hydrogen-bond acceptors (Lipinski definition) is 4. The molecule has 134 valence electrons. The minimum atomic E-state index is -0.469. The molecule has 0 radical (unpaired) electrons. The Kier molecular flexibility index (Phi) is 5.19. The monoisotopic (exact) mass is 348 g/mol. The molecule has 3 rings (SSSR count). The predicted molar refractivity (Wildman–Crippen MR) is 106 cm³/mol. The first kappa shape index (κ1) is 17.9. The van der Waals surface area contributed by atoms with E-state index in [1.807, 2.05) is 26.1 Å². The van der Waals surface area contributed by atoms with Crippen LogP contribution in [-0.4, -0.2) is 24.5 Å². The van der Waals surface area contributed by atoms with E-state index in [1.54, 1.807) is 12.3 Å². The number of nitrogens with zero attached hydrogens (tertiary/aromatic N) is 1. The molecule has 0 unspecified atom stereocenters. The van der Waals surface area contributed by atoms with Gasteiger partial charge in [0.05, 0.1) is 17.1 Å². The first-order valence-corrected chi connectivity index (χ1v) is 8.67. The van der Waals surface area contributed by atoms with E-state index in [0.29, 0.717) is 11.1 Å². The molecule has 1 atom stereocenters. The highest BCUT2D eigenvalue weighted by Crippen LogP contribution is 2.30. The maximum atomic E-state index is 11.7. The number of carbonyl (C=O) groups excluding carboxylic acids is 1. The largest absolute Gasteiger partial charge is 0.376 e. The molecule has 1 heterocycles. The summed E-state index contributed by atoms with van der Waals surface area (Å²) < 4.78 is 0. The number of benzene rings is 2. The van der Waals surface area contributed by atoms with Gasteiger partial charge in [-0.15, -0.1) is 0 Å². The summed E-state index contributed by atoms with van der Waals surface area (Å²) in [6.45, 7) is 4.87. The van der Waals surface area contributed by atoms with Crippen LogP contribution in [0.15, 0.2) is 48.7 Å². The molecule has 0 aliphatic rings. The second kappa shape index (κ2) is 7.54. The first-order chi connectivity index (χ1) is 12.5. The fourth-order valence-electron chi connectivity index (χ4n) is 3.23. The van der Waals surface area contributed by atoms with Gasteiger partial charge in [0.2, 0.25) is 0 Å². The number of nitrogens with two attached hydrogens (primary N) is 1. The molecule has 1 amide bonds. The third kappa shape index (κ3) is 3.53. The fraction of sp³-hybridized carbons (Fsp3) is 0.238. The zero-order valence-corrected chi connectivity index (χ0v) is 15.3. The van der Waals surface area contributed by atoms with Gasteiger partial charge in [0.15, 0.2) is 0 Å². The second-order valence-corrected chi connectivity index (χ2v) is 6.55. The van der Waals surface area contributed by atoms with Crippen molar-refractivity contribution in [3.8, 4) is 0 Å². The van der Waals surface area contributed by atoms with Gasteiger partial charge in [-0.25, -0.2) is 0 Å². The van der Waals surface area contributed by atoms with Gasteiger partial charge in [0, 0.05) is 23.8 Å². The number of likely N-dealkylation sites (N-methyl/N-ethyl adjacent to an activating group) is 1. The summed E-state index contributed by atoms with van der Waals surface area (Å²) in [4.78, 5) is 16.2. The number of nitrogens with one attached hydrogen (secondary N) is 2. The summed E-state index contributed by atoms with van der Waals surface area (Å²) >= 11 is 0. The van der Waals surface area contributed by atoms with Crippen molar-refractivity contribution < 1.29 is 4.79 Å². The van der Waals surface area contributed by atoms with E-state index < -0.39 is 5.91 Å². The van der Waals surface area contributed by atoms with Gasteiger partial charge in [-0.1, -0.05) is 42.0 Å². The van der Waals surface area contributed by atoms with Crippen molar-refractivity contribution in [2.24, 2.45) is 5.73 Å². The van der Waals surface area contributed by atoms with Crippen molar-refractivity contribution in [1.82, 2.24) is 10.3 Å². The molecule has 2 aromatic carbocycles. The molecule has 0 bridgehead atoms. The van der Waals surface area contributed by atoms with Crippen molar-refractivity contribution in [2.75, 3.05) is 18.9 Å². The molecule has 4 N–H and O–H groups in total. The number of hydrogen-bond donors (Lipinski definition) is 3. The molecular weight excluding hydrogens is 324 g/mol. The molecule has 0 spiro atoms. The molecule has 1 aromatic heterocycles. The standard InChI is InChI=1S/C21H24N4O/c1-13-6-4-7-15(10-13)18(12-23-3)25-19-14(2)11-24-20-16(19)8-5-9-17(20)21(22)26/h4-11,18,23H,12H2,1-3H3,(H2,22,26)(H,24,25)/t18-/m1/s1. The Balaban J connectivity index is 2.10. The quantitative estimate of drug-likeness (QED) is 0.638. The lowest BCUT2D eigenvalue weighted by molar-refractivity contribution is 0.100. The molecule has 5 nitrogen and oxygen atoms in total. The first-order valence-electron chi connectivity index (χ1n) is 8.67. The van der Waals surface area contributed by atoms with Crippen LogP contribution in [0.2, 0.25) is 0 Å². The summed E-state index contributed by atoms with van der Waals surface area (Å²) in [7, 11) is 1.94. The van der Waals surface area contributed by atoms with Gasteiger partial charge in [-0.2, -0.15) is 0 Å². The van der Waals surface area contributed by atoms with Crippen LogP contribution in [0, 0.1) is 13.8 Å².